The van der Waals surface area contributed by atoms with Crippen LogP contribution >= 0.6 is 11.6 Å². The summed E-state index contributed by atoms with van der Waals surface area (Å²) < 4.78 is 0. The molecule has 0 aromatic heterocycles. The quantitative estimate of drug-likeness (QED) is 0.908. The van der Waals surface area contributed by atoms with E-state index in [0.717, 1.165) is 5.56 Å². The van der Waals surface area contributed by atoms with E-state index in [1.807, 2.05) is 6.92 Å². The summed E-state index contributed by atoms with van der Waals surface area (Å²) in [5, 5.41) is 12.0. The lowest BCUT2D eigenvalue weighted by atomic mass is 10.1. The van der Waals surface area contributed by atoms with E-state index in [-0.39, 0.29) is 12.3 Å². The Morgan fingerprint density at radius 1 is 1.19 bits per heavy atom. The number of carboxylic acid groups (broad SMARTS) is 1. The van der Waals surface area contributed by atoms with Gasteiger partial charge in [0.15, 0.2) is 0 Å². The van der Waals surface area contributed by atoms with Gasteiger partial charge < -0.3 is 10.4 Å². The lowest BCUT2D eigenvalue weighted by molar-refractivity contribution is -0.136. The number of carbonyl (C=O) groups excluding carboxylic acids is 1. The van der Waals surface area contributed by atoms with Crippen LogP contribution < -0.4 is 5.32 Å². The van der Waals surface area contributed by atoms with E-state index < -0.39 is 5.97 Å². The second-order valence-electron chi connectivity index (χ2n) is 4.69. The number of hydrogen-bond acceptors (Lipinski definition) is 2. The zero-order valence-corrected chi connectivity index (χ0v) is 12.1. The number of aryl methyl sites for hydroxylation is 1. The largest absolute Gasteiger partial charge is 0.481 e. The van der Waals surface area contributed by atoms with Crippen LogP contribution in [0, 0.1) is 6.92 Å². The number of carbonyl (C=O) groups is 2. The molecule has 4 nitrogen and oxygen atoms in total. The average Bonchev–Trinajstić information content (AvgIpc) is 2.41. The van der Waals surface area contributed by atoms with Crippen molar-refractivity contribution < 1.29 is 14.7 Å². The Balaban J connectivity index is 2.15. The van der Waals surface area contributed by atoms with Crippen LogP contribution in [0.3, 0.4) is 0 Å². The van der Waals surface area contributed by atoms with E-state index in [1.54, 1.807) is 42.5 Å². The number of rotatable bonds is 4. The molecule has 0 aliphatic heterocycles. The minimum Gasteiger partial charge on any atom is -0.481 e. The number of carboxylic acids is 1. The summed E-state index contributed by atoms with van der Waals surface area (Å²) in [7, 11) is 0. The molecule has 21 heavy (non-hydrogen) atoms. The molecule has 1 amide bonds. The second-order valence-corrected chi connectivity index (χ2v) is 5.10. The van der Waals surface area contributed by atoms with Gasteiger partial charge in [0.1, 0.15) is 0 Å². The zero-order chi connectivity index (χ0) is 15.4. The summed E-state index contributed by atoms with van der Waals surface area (Å²) in [6, 6.07) is 11.8. The summed E-state index contributed by atoms with van der Waals surface area (Å²) in [6.07, 6.45) is -0.0833. The molecule has 0 aliphatic carbocycles. The molecular formula is C16H14ClNO3. The first kappa shape index (κ1) is 15.1. The highest BCUT2D eigenvalue weighted by Crippen LogP contribution is 2.18. The monoisotopic (exact) mass is 303 g/mol. The maximum atomic E-state index is 12.1. The Kier molecular flexibility index (Phi) is 4.60. The smallest absolute Gasteiger partial charge is 0.307 e. The molecule has 0 atom stereocenters. The molecule has 0 bridgehead atoms. The predicted octanol–water partition coefficient (Wildman–Crippen LogP) is 3.53. The Bertz CT molecular complexity index is 698. The van der Waals surface area contributed by atoms with Crippen molar-refractivity contribution in [2.45, 2.75) is 13.3 Å². The van der Waals surface area contributed by atoms with Crippen LogP contribution in [-0.4, -0.2) is 17.0 Å². The number of aliphatic carboxylic acids is 1. The first-order chi connectivity index (χ1) is 9.95. The highest BCUT2D eigenvalue weighted by molar-refractivity contribution is 6.31. The Hall–Kier alpha value is -2.33. The van der Waals surface area contributed by atoms with Crippen LogP contribution in [0.1, 0.15) is 21.5 Å². The van der Waals surface area contributed by atoms with E-state index in [1.165, 1.54) is 0 Å². The van der Waals surface area contributed by atoms with Crippen LogP contribution in [0.2, 0.25) is 5.02 Å². The highest BCUT2D eigenvalue weighted by atomic mass is 35.5. The van der Waals surface area contributed by atoms with Crippen LogP contribution in [-0.2, 0) is 11.2 Å². The van der Waals surface area contributed by atoms with Crippen LogP contribution in [0.5, 0.6) is 0 Å². The van der Waals surface area contributed by atoms with E-state index >= 15 is 0 Å². The first-order valence-electron chi connectivity index (χ1n) is 6.34. The van der Waals surface area contributed by atoms with Crippen molar-refractivity contribution in [1.29, 1.82) is 0 Å². The van der Waals surface area contributed by atoms with Gasteiger partial charge in [0.05, 0.1) is 6.42 Å². The molecule has 0 radical (unpaired) electrons. The number of hydrogen-bond donors (Lipinski definition) is 2. The average molecular weight is 304 g/mol. The number of amides is 1. The van der Waals surface area contributed by atoms with E-state index in [2.05, 4.69) is 5.32 Å². The third kappa shape index (κ3) is 4.07. The van der Waals surface area contributed by atoms with Crippen molar-refractivity contribution in [3.63, 3.8) is 0 Å². The van der Waals surface area contributed by atoms with Crippen LogP contribution in [0.25, 0.3) is 0 Å². The number of benzene rings is 2. The van der Waals surface area contributed by atoms with Crippen molar-refractivity contribution >= 4 is 29.2 Å². The summed E-state index contributed by atoms with van der Waals surface area (Å²) >= 11 is 6.00. The van der Waals surface area contributed by atoms with Gasteiger partial charge in [-0.05, 0) is 42.3 Å². The van der Waals surface area contributed by atoms with Crippen molar-refractivity contribution in [3.05, 3.63) is 64.2 Å². The molecular weight excluding hydrogens is 290 g/mol. The first-order valence-corrected chi connectivity index (χ1v) is 6.72. The van der Waals surface area contributed by atoms with Gasteiger partial charge in [-0.2, -0.15) is 0 Å². The Morgan fingerprint density at radius 2 is 1.95 bits per heavy atom. The molecule has 0 aliphatic rings. The molecule has 2 N–H and O–H groups in total. The fraction of sp³-hybridized carbons (Fsp3) is 0.125. The lowest BCUT2D eigenvalue weighted by Gasteiger charge is -2.08. The van der Waals surface area contributed by atoms with Gasteiger partial charge in [-0.3, -0.25) is 9.59 Å². The van der Waals surface area contributed by atoms with Gasteiger partial charge >= 0.3 is 5.97 Å². The third-order valence-corrected chi connectivity index (χ3v) is 3.38. The molecule has 2 rings (SSSR count). The number of halogens is 1. The van der Waals surface area contributed by atoms with Crippen LogP contribution in [0.4, 0.5) is 5.69 Å². The summed E-state index contributed by atoms with van der Waals surface area (Å²) in [4.78, 5) is 22.8. The maximum Gasteiger partial charge on any atom is 0.307 e. The van der Waals surface area contributed by atoms with E-state index in [9.17, 15) is 9.59 Å². The Labute approximate surface area is 127 Å². The number of nitrogens with one attached hydrogen (secondary N) is 1. The molecule has 0 unspecified atom stereocenters. The Morgan fingerprint density at radius 3 is 2.62 bits per heavy atom. The van der Waals surface area contributed by atoms with Gasteiger partial charge in [-0.1, -0.05) is 29.8 Å². The van der Waals surface area contributed by atoms with Crippen molar-refractivity contribution in [2.75, 3.05) is 5.32 Å². The molecule has 0 spiro atoms. The van der Waals surface area contributed by atoms with Crippen molar-refractivity contribution in [1.82, 2.24) is 0 Å². The third-order valence-electron chi connectivity index (χ3n) is 2.97. The standard InChI is InChI=1S/C16H14ClNO3/c1-10-5-6-12(9-14(10)17)16(21)18-13-4-2-3-11(7-13)8-15(19)20/h2-7,9H,8H2,1H3,(H,18,21)(H,19,20). The maximum absolute atomic E-state index is 12.1. The predicted molar refractivity (Wildman–Crippen MR) is 81.9 cm³/mol. The summed E-state index contributed by atoms with van der Waals surface area (Å²) in [5.74, 6) is -1.20. The summed E-state index contributed by atoms with van der Waals surface area (Å²) in [6.45, 7) is 1.86. The van der Waals surface area contributed by atoms with Crippen molar-refractivity contribution in [2.24, 2.45) is 0 Å². The second kappa shape index (κ2) is 6.41. The molecule has 0 saturated carbocycles. The number of anilines is 1. The topological polar surface area (TPSA) is 66.4 Å². The lowest BCUT2D eigenvalue weighted by Crippen LogP contribution is -2.12. The molecule has 0 saturated heterocycles. The van der Waals surface area contributed by atoms with E-state index in [0.29, 0.717) is 21.8 Å². The molecule has 5 heteroatoms. The zero-order valence-electron chi connectivity index (χ0n) is 11.4. The SMILES string of the molecule is Cc1ccc(C(=O)Nc2cccc(CC(=O)O)c2)cc1Cl. The van der Waals surface area contributed by atoms with E-state index in [4.69, 9.17) is 16.7 Å². The molecule has 0 heterocycles. The van der Waals surface area contributed by atoms with Gasteiger partial charge in [-0.15, -0.1) is 0 Å². The van der Waals surface area contributed by atoms with Gasteiger partial charge in [0, 0.05) is 16.3 Å². The fourth-order valence-electron chi connectivity index (χ4n) is 1.87. The van der Waals surface area contributed by atoms with Crippen molar-refractivity contribution in [3.8, 4) is 0 Å². The molecule has 108 valence electrons. The van der Waals surface area contributed by atoms with Crippen LogP contribution in [0.15, 0.2) is 42.5 Å². The highest BCUT2D eigenvalue weighted by Gasteiger charge is 2.09. The van der Waals surface area contributed by atoms with Gasteiger partial charge in [-0.25, -0.2) is 0 Å². The molecule has 0 fully saturated rings. The van der Waals surface area contributed by atoms with Gasteiger partial charge in [0.25, 0.3) is 5.91 Å². The minimum absolute atomic E-state index is 0.0833. The normalized spacial score (nSPS) is 10.2. The van der Waals surface area contributed by atoms with Gasteiger partial charge in [0.2, 0.25) is 0 Å². The summed E-state index contributed by atoms with van der Waals surface area (Å²) in [5.41, 5.74) is 2.53. The minimum atomic E-state index is -0.913. The molecule has 2 aromatic rings. The fourth-order valence-corrected chi connectivity index (χ4v) is 2.05. The molecule has 2 aromatic carbocycles.